The topological polar surface area (TPSA) is 103 Å². The maximum atomic E-state index is 12.1. The summed E-state index contributed by atoms with van der Waals surface area (Å²) < 4.78 is 15.3. The van der Waals surface area contributed by atoms with Crippen LogP contribution in [0.15, 0.2) is 28.8 Å². The number of nitrogens with zero attached hydrogens (tertiary/aromatic N) is 1. The molecule has 27 heavy (non-hydrogen) atoms. The van der Waals surface area contributed by atoms with Crippen LogP contribution in [0, 0.1) is 6.92 Å². The molecular formula is C18H23N3O5S. The van der Waals surface area contributed by atoms with Crippen molar-refractivity contribution in [2.75, 3.05) is 25.3 Å². The van der Waals surface area contributed by atoms with Crippen LogP contribution in [-0.4, -0.2) is 42.2 Å². The molecule has 0 saturated carbocycles. The van der Waals surface area contributed by atoms with Crippen LogP contribution in [0.3, 0.4) is 0 Å². The third-order valence-electron chi connectivity index (χ3n) is 3.61. The summed E-state index contributed by atoms with van der Waals surface area (Å²) in [5.41, 5.74) is 0.858. The van der Waals surface area contributed by atoms with E-state index in [0.717, 1.165) is 5.56 Å². The van der Waals surface area contributed by atoms with E-state index in [2.05, 4.69) is 15.8 Å². The number of methoxy groups -OCH3 is 2. The lowest BCUT2D eigenvalue weighted by Gasteiger charge is -2.11. The van der Waals surface area contributed by atoms with Crippen molar-refractivity contribution in [3.63, 3.8) is 0 Å². The summed E-state index contributed by atoms with van der Waals surface area (Å²) in [7, 11) is 3.14. The summed E-state index contributed by atoms with van der Waals surface area (Å²) in [6, 6.07) is 7.04. The van der Waals surface area contributed by atoms with E-state index < -0.39 is 5.25 Å². The zero-order valence-electron chi connectivity index (χ0n) is 15.7. The van der Waals surface area contributed by atoms with Crippen molar-refractivity contribution in [3.8, 4) is 11.5 Å². The summed E-state index contributed by atoms with van der Waals surface area (Å²) in [5.74, 6) is 2.04. The molecule has 2 aromatic rings. The number of carbonyl (C=O) groups excluding carboxylic acids is 2. The first-order chi connectivity index (χ1) is 12.9. The highest BCUT2D eigenvalue weighted by Gasteiger charge is 2.16. The number of aryl methyl sites for hydroxylation is 1. The molecule has 0 aliphatic rings. The Bertz CT molecular complexity index is 771. The number of aromatic nitrogens is 1. The number of amides is 2. The summed E-state index contributed by atoms with van der Waals surface area (Å²) in [4.78, 5) is 24.1. The molecule has 1 aromatic heterocycles. The molecule has 0 bridgehead atoms. The van der Waals surface area contributed by atoms with Gasteiger partial charge in [-0.25, -0.2) is 0 Å². The van der Waals surface area contributed by atoms with Gasteiger partial charge in [-0.1, -0.05) is 5.16 Å². The number of hydrogen-bond acceptors (Lipinski definition) is 7. The van der Waals surface area contributed by atoms with Crippen molar-refractivity contribution in [2.45, 2.75) is 25.6 Å². The number of carbonyl (C=O) groups is 2. The lowest BCUT2D eigenvalue weighted by Crippen LogP contribution is -2.28. The molecule has 2 rings (SSSR count). The highest BCUT2D eigenvalue weighted by Crippen LogP contribution is 2.22. The molecule has 0 fully saturated rings. The van der Waals surface area contributed by atoms with Gasteiger partial charge in [0.2, 0.25) is 11.8 Å². The molecule has 9 heteroatoms. The van der Waals surface area contributed by atoms with E-state index in [1.165, 1.54) is 11.8 Å². The molecule has 146 valence electrons. The maximum absolute atomic E-state index is 12.1. The van der Waals surface area contributed by atoms with Crippen LogP contribution in [0.5, 0.6) is 11.5 Å². The molecule has 0 spiro atoms. The fourth-order valence-corrected chi connectivity index (χ4v) is 2.86. The quantitative estimate of drug-likeness (QED) is 0.674. The fourth-order valence-electron chi connectivity index (χ4n) is 2.15. The van der Waals surface area contributed by atoms with Crippen LogP contribution in [0.2, 0.25) is 0 Å². The van der Waals surface area contributed by atoms with Crippen LogP contribution in [0.25, 0.3) is 0 Å². The molecule has 1 unspecified atom stereocenters. The predicted octanol–water partition coefficient (Wildman–Crippen LogP) is 2.38. The lowest BCUT2D eigenvalue weighted by molar-refractivity contribution is -0.118. The van der Waals surface area contributed by atoms with Gasteiger partial charge in [0.25, 0.3) is 0 Å². The van der Waals surface area contributed by atoms with Crippen LogP contribution < -0.4 is 20.1 Å². The van der Waals surface area contributed by atoms with Gasteiger partial charge in [-0.15, -0.1) is 11.8 Å². The number of hydrogen-bond donors (Lipinski definition) is 2. The largest absolute Gasteiger partial charge is 0.497 e. The number of anilines is 1. The normalized spacial score (nSPS) is 11.6. The van der Waals surface area contributed by atoms with Crippen molar-refractivity contribution >= 4 is 29.4 Å². The Labute approximate surface area is 162 Å². The van der Waals surface area contributed by atoms with E-state index in [9.17, 15) is 9.59 Å². The predicted molar refractivity (Wildman–Crippen MR) is 103 cm³/mol. The standard InChI is InChI=1S/C18H23N3O5S/c1-11-5-16(21-26-11)20-18(23)12(2)27-10-17(22)19-9-13-6-14(24-3)8-15(7-13)25-4/h5-8,12H,9-10H2,1-4H3,(H,19,22)(H,20,21,23). The van der Waals surface area contributed by atoms with Crippen molar-refractivity contribution in [3.05, 3.63) is 35.6 Å². The Hall–Kier alpha value is -2.68. The molecule has 2 amide bonds. The van der Waals surface area contributed by atoms with Gasteiger partial charge in [-0.05, 0) is 31.5 Å². The second kappa shape index (κ2) is 9.86. The third-order valence-corrected chi connectivity index (χ3v) is 4.76. The van der Waals surface area contributed by atoms with Crippen molar-refractivity contribution in [1.29, 1.82) is 0 Å². The Balaban J connectivity index is 1.77. The molecule has 8 nitrogen and oxygen atoms in total. The van der Waals surface area contributed by atoms with Gasteiger partial charge in [-0.3, -0.25) is 9.59 Å². The zero-order valence-corrected chi connectivity index (χ0v) is 16.5. The lowest BCUT2D eigenvalue weighted by atomic mass is 10.2. The minimum absolute atomic E-state index is 0.160. The Kier molecular flexibility index (Phi) is 7.54. The third kappa shape index (κ3) is 6.52. The minimum atomic E-state index is -0.412. The smallest absolute Gasteiger partial charge is 0.238 e. The Morgan fingerprint density at radius 2 is 1.85 bits per heavy atom. The Morgan fingerprint density at radius 3 is 2.41 bits per heavy atom. The highest BCUT2D eigenvalue weighted by atomic mass is 32.2. The van der Waals surface area contributed by atoms with Gasteiger partial charge in [0.05, 0.1) is 25.2 Å². The fraction of sp³-hybridized carbons (Fsp3) is 0.389. The summed E-state index contributed by atoms with van der Waals surface area (Å²) in [6.07, 6.45) is 0. The van der Waals surface area contributed by atoms with E-state index in [4.69, 9.17) is 14.0 Å². The monoisotopic (exact) mass is 393 g/mol. The first-order valence-corrected chi connectivity index (χ1v) is 9.30. The number of benzene rings is 1. The summed E-state index contributed by atoms with van der Waals surface area (Å²) >= 11 is 1.24. The number of nitrogens with one attached hydrogen (secondary N) is 2. The van der Waals surface area contributed by atoms with E-state index in [1.807, 2.05) is 12.1 Å². The van der Waals surface area contributed by atoms with E-state index in [1.54, 1.807) is 40.2 Å². The van der Waals surface area contributed by atoms with E-state index in [-0.39, 0.29) is 17.6 Å². The second-order valence-electron chi connectivity index (χ2n) is 5.76. The van der Waals surface area contributed by atoms with Gasteiger partial charge >= 0.3 is 0 Å². The number of rotatable bonds is 9. The van der Waals surface area contributed by atoms with Crippen molar-refractivity contribution in [1.82, 2.24) is 10.5 Å². The average molecular weight is 393 g/mol. The van der Waals surface area contributed by atoms with Crippen molar-refractivity contribution in [2.24, 2.45) is 0 Å². The Morgan fingerprint density at radius 1 is 1.19 bits per heavy atom. The molecule has 2 N–H and O–H groups in total. The maximum Gasteiger partial charge on any atom is 0.238 e. The van der Waals surface area contributed by atoms with Crippen LogP contribution in [0.4, 0.5) is 5.82 Å². The molecule has 0 radical (unpaired) electrons. The first-order valence-electron chi connectivity index (χ1n) is 8.25. The van der Waals surface area contributed by atoms with Crippen LogP contribution in [-0.2, 0) is 16.1 Å². The van der Waals surface area contributed by atoms with Crippen LogP contribution in [0.1, 0.15) is 18.2 Å². The summed E-state index contributed by atoms with van der Waals surface area (Å²) in [6.45, 7) is 3.81. The van der Waals surface area contributed by atoms with Crippen LogP contribution >= 0.6 is 11.8 Å². The molecule has 0 saturated heterocycles. The van der Waals surface area contributed by atoms with Gasteiger partial charge in [-0.2, -0.15) is 0 Å². The molecule has 1 heterocycles. The number of thioether (sulfide) groups is 1. The SMILES string of the molecule is COc1cc(CNC(=O)CSC(C)C(=O)Nc2cc(C)on2)cc(OC)c1. The van der Waals surface area contributed by atoms with Gasteiger partial charge in [0, 0.05) is 18.7 Å². The molecule has 1 atom stereocenters. The van der Waals surface area contributed by atoms with Gasteiger partial charge in [0.15, 0.2) is 5.82 Å². The van der Waals surface area contributed by atoms with Gasteiger partial charge in [0.1, 0.15) is 17.3 Å². The second-order valence-corrected chi connectivity index (χ2v) is 7.09. The number of ether oxygens (including phenoxy) is 2. The van der Waals surface area contributed by atoms with Gasteiger partial charge < -0.3 is 24.6 Å². The molecule has 0 aliphatic heterocycles. The van der Waals surface area contributed by atoms with E-state index in [0.29, 0.717) is 29.6 Å². The zero-order chi connectivity index (χ0) is 19.8. The highest BCUT2D eigenvalue weighted by molar-refractivity contribution is 8.01. The van der Waals surface area contributed by atoms with Crippen molar-refractivity contribution < 1.29 is 23.6 Å². The van der Waals surface area contributed by atoms with E-state index >= 15 is 0 Å². The first kappa shape index (κ1) is 20.6. The minimum Gasteiger partial charge on any atom is -0.497 e. The summed E-state index contributed by atoms with van der Waals surface area (Å²) in [5, 5.41) is 8.76. The average Bonchev–Trinajstić information content (AvgIpc) is 3.08. The molecule has 0 aliphatic carbocycles. The molecular weight excluding hydrogens is 370 g/mol. The molecule has 1 aromatic carbocycles.